The van der Waals surface area contributed by atoms with Crippen LogP contribution in [0.4, 0.5) is 5.82 Å². The van der Waals surface area contributed by atoms with Gasteiger partial charge in [-0.25, -0.2) is 4.68 Å². The number of nitrogens with one attached hydrogen (secondary N) is 3. The van der Waals surface area contributed by atoms with Gasteiger partial charge in [-0.3, -0.25) is 9.79 Å². The molecule has 0 unspecified atom stereocenters. The zero-order chi connectivity index (χ0) is 22.1. The van der Waals surface area contributed by atoms with Gasteiger partial charge >= 0.3 is 0 Å². The highest BCUT2D eigenvalue weighted by molar-refractivity contribution is 14.0. The van der Waals surface area contributed by atoms with Crippen LogP contribution in [0.1, 0.15) is 38.4 Å². The largest absolute Gasteiger partial charge is 0.382 e. The SMILES string of the molecule is CN=C(NCCCc1nn(-c2ccccc2)c(N)c1C#N)NCC(=O)NC(C)(C)C.I. The Balaban J connectivity index is 0.00000480. The van der Waals surface area contributed by atoms with Crippen molar-refractivity contribution in [3.63, 3.8) is 0 Å². The number of nitrogen functional groups attached to an aromatic ring is 1. The first kappa shape index (κ1) is 26.2. The summed E-state index contributed by atoms with van der Waals surface area (Å²) in [5.74, 6) is 0.772. The number of carbonyl (C=O) groups is 1. The molecule has 2 aromatic rings. The zero-order valence-corrected chi connectivity index (χ0v) is 20.7. The number of benzene rings is 1. The predicted octanol–water partition coefficient (Wildman–Crippen LogP) is 1.96. The standard InChI is InChI=1S/C21H30N8O.HI/c1-21(2,3)27-18(30)14-26-20(24-4)25-12-8-11-17-16(13-22)19(23)29(28-17)15-9-6-5-7-10-15;/h5-7,9-10H,8,11-12,14,23H2,1-4H3,(H,27,30)(H2,24,25,26);1H. The van der Waals surface area contributed by atoms with E-state index in [1.807, 2.05) is 51.1 Å². The smallest absolute Gasteiger partial charge is 0.239 e. The number of para-hydroxylation sites is 1. The number of hydrogen-bond donors (Lipinski definition) is 4. The van der Waals surface area contributed by atoms with Crippen LogP contribution in [-0.2, 0) is 11.2 Å². The van der Waals surface area contributed by atoms with Gasteiger partial charge in [-0.05, 0) is 45.7 Å². The van der Waals surface area contributed by atoms with Crippen LogP contribution in [0.2, 0.25) is 0 Å². The summed E-state index contributed by atoms with van der Waals surface area (Å²) in [5, 5.41) is 23.0. The Morgan fingerprint density at radius 3 is 2.52 bits per heavy atom. The average Bonchev–Trinajstić information content (AvgIpc) is 3.02. The van der Waals surface area contributed by atoms with E-state index in [4.69, 9.17) is 5.73 Å². The van der Waals surface area contributed by atoms with Crippen molar-refractivity contribution in [1.82, 2.24) is 25.7 Å². The van der Waals surface area contributed by atoms with E-state index in [1.54, 1.807) is 11.7 Å². The predicted molar refractivity (Wildman–Crippen MR) is 134 cm³/mol. The third-order valence-corrected chi connectivity index (χ3v) is 4.14. The zero-order valence-electron chi connectivity index (χ0n) is 18.4. The second-order valence-corrected chi connectivity index (χ2v) is 7.82. The van der Waals surface area contributed by atoms with Gasteiger partial charge in [0.05, 0.1) is 17.9 Å². The lowest BCUT2D eigenvalue weighted by molar-refractivity contribution is -0.121. The maximum atomic E-state index is 11.9. The summed E-state index contributed by atoms with van der Waals surface area (Å²) < 4.78 is 1.59. The molecule has 1 aromatic carbocycles. The lowest BCUT2D eigenvalue weighted by Crippen LogP contribution is -2.48. The molecule has 0 saturated carbocycles. The summed E-state index contributed by atoms with van der Waals surface area (Å²) in [6.45, 7) is 6.52. The molecule has 0 saturated heterocycles. The van der Waals surface area contributed by atoms with E-state index in [2.05, 4.69) is 32.1 Å². The van der Waals surface area contributed by atoms with Crippen LogP contribution in [0.3, 0.4) is 0 Å². The fraction of sp³-hybridized carbons (Fsp3) is 0.429. The van der Waals surface area contributed by atoms with Gasteiger partial charge in [-0.2, -0.15) is 10.4 Å². The maximum absolute atomic E-state index is 11.9. The first-order valence-electron chi connectivity index (χ1n) is 9.83. The Labute approximate surface area is 200 Å². The maximum Gasteiger partial charge on any atom is 0.239 e. The van der Waals surface area contributed by atoms with Crippen molar-refractivity contribution in [2.75, 3.05) is 25.9 Å². The van der Waals surface area contributed by atoms with Crippen molar-refractivity contribution in [3.8, 4) is 11.8 Å². The van der Waals surface area contributed by atoms with Gasteiger partial charge < -0.3 is 21.7 Å². The second kappa shape index (κ2) is 12.1. The molecule has 2 rings (SSSR count). The summed E-state index contributed by atoms with van der Waals surface area (Å²) in [5.41, 5.74) is 7.73. The molecule has 0 aliphatic carbocycles. The lowest BCUT2D eigenvalue weighted by atomic mass is 10.1. The minimum Gasteiger partial charge on any atom is -0.382 e. The van der Waals surface area contributed by atoms with Gasteiger partial charge in [0.1, 0.15) is 17.5 Å². The molecule has 0 fully saturated rings. The molecule has 0 radical (unpaired) electrons. The summed E-state index contributed by atoms with van der Waals surface area (Å²) in [4.78, 5) is 16.0. The minimum absolute atomic E-state index is 0. The number of aryl methyl sites for hydroxylation is 1. The number of guanidine groups is 1. The van der Waals surface area contributed by atoms with Crippen molar-refractivity contribution in [3.05, 3.63) is 41.6 Å². The third-order valence-electron chi connectivity index (χ3n) is 4.14. The molecule has 10 heteroatoms. The Hall–Kier alpha value is -2.81. The quantitative estimate of drug-likeness (QED) is 0.184. The summed E-state index contributed by atoms with van der Waals surface area (Å²) >= 11 is 0. The van der Waals surface area contributed by atoms with Gasteiger partial charge in [0.25, 0.3) is 0 Å². The molecule has 9 nitrogen and oxygen atoms in total. The number of nitriles is 1. The molecular formula is C21H31IN8O. The Morgan fingerprint density at radius 2 is 1.94 bits per heavy atom. The molecule has 31 heavy (non-hydrogen) atoms. The number of rotatable bonds is 7. The number of amides is 1. The normalized spacial score (nSPS) is 11.3. The van der Waals surface area contributed by atoms with Crippen LogP contribution in [0.25, 0.3) is 5.69 Å². The number of aliphatic imine (C=N–C) groups is 1. The minimum atomic E-state index is -0.279. The highest BCUT2D eigenvalue weighted by Crippen LogP contribution is 2.21. The van der Waals surface area contributed by atoms with Gasteiger partial charge in [0, 0.05) is 19.1 Å². The lowest BCUT2D eigenvalue weighted by Gasteiger charge is -2.21. The van der Waals surface area contributed by atoms with Crippen LogP contribution in [0.15, 0.2) is 35.3 Å². The highest BCUT2D eigenvalue weighted by Gasteiger charge is 2.16. The van der Waals surface area contributed by atoms with E-state index >= 15 is 0 Å². The monoisotopic (exact) mass is 538 g/mol. The number of hydrogen-bond acceptors (Lipinski definition) is 5. The number of aromatic nitrogens is 2. The number of halogens is 1. The van der Waals surface area contributed by atoms with Crippen molar-refractivity contribution in [2.24, 2.45) is 4.99 Å². The molecule has 1 amide bonds. The topological polar surface area (TPSA) is 133 Å². The van der Waals surface area contributed by atoms with E-state index in [9.17, 15) is 10.1 Å². The molecular weight excluding hydrogens is 507 g/mol. The average molecular weight is 538 g/mol. The first-order chi connectivity index (χ1) is 14.2. The summed E-state index contributed by atoms with van der Waals surface area (Å²) in [6, 6.07) is 11.6. The summed E-state index contributed by atoms with van der Waals surface area (Å²) in [7, 11) is 1.65. The van der Waals surface area contributed by atoms with Crippen LogP contribution in [0, 0.1) is 11.3 Å². The molecule has 0 aliphatic rings. The van der Waals surface area contributed by atoms with Crippen molar-refractivity contribution >= 4 is 41.7 Å². The van der Waals surface area contributed by atoms with Gasteiger partial charge in [0.2, 0.25) is 5.91 Å². The van der Waals surface area contributed by atoms with E-state index in [1.165, 1.54) is 0 Å². The van der Waals surface area contributed by atoms with Crippen LogP contribution in [-0.4, -0.2) is 47.3 Å². The van der Waals surface area contributed by atoms with Crippen molar-refractivity contribution in [1.29, 1.82) is 5.26 Å². The van der Waals surface area contributed by atoms with Crippen LogP contribution >= 0.6 is 24.0 Å². The molecule has 0 atom stereocenters. The number of nitrogens with two attached hydrogens (primary N) is 1. The van der Waals surface area contributed by atoms with E-state index in [-0.39, 0.29) is 42.0 Å². The molecule has 5 N–H and O–H groups in total. The van der Waals surface area contributed by atoms with E-state index in [0.29, 0.717) is 36.0 Å². The van der Waals surface area contributed by atoms with E-state index in [0.717, 1.165) is 12.1 Å². The number of carbonyl (C=O) groups excluding carboxylic acids is 1. The molecule has 168 valence electrons. The Bertz CT molecular complexity index is 925. The Kier molecular flexibility index (Phi) is 10.3. The fourth-order valence-corrected chi connectivity index (χ4v) is 2.85. The molecule has 0 spiro atoms. The second-order valence-electron chi connectivity index (χ2n) is 7.82. The van der Waals surface area contributed by atoms with Crippen LogP contribution in [0.5, 0.6) is 0 Å². The van der Waals surface area contributed by atoms with Gasteiger partial charge in [0.15, 0.2) is 5.96 Å². The fourth-order valence-electron chi connectivity index (χ4n) is 2.85. The first-order valence-corrected chi connectivity index (χ1v) is 9.83. The summed E-state index contributed by atoms with van der Waals surface area (Å²) in [6.07, 6.45) is 1.30. The van der Waals surface area contributed by atoms with Crippen molar-refractivity contribution < 1.29 is 4.79 Å². The molecule has 0 aliphatic heterocycles. The number of nitrogens with zero attached hydrogens (tertiary/aromatic N) is 4. The highest BCUT2D eigenvalue weighted by atomic mass is 127. The molecule has 1 heterocycles. The number of anilines is 1. The van der Waals surface area contributed by atoms with Crippen LogP contribution < -0.4 is 21.7 Å². The van der Waals surface area contributed by atoms with Gasteiger partial charge in [-0.1, -0.05) is 18.2 Å². The van der Waals surface area contributed by atoms with Crippen molar-refractivity contribution in [2.45, 2.75) is 39.2 Å². The molecule has 0 bridgehead atoms. The third kappa shape index (κ3) is 8.09. The van der Waals surface area contributed by atoms with Gasteiger partial charge in [-0.15, -0.1) is 24.0 Å². The molecule has 1 aromatic heterocycles. The van der Waals surface area contributed by atoms with E-state index < -0.39 is 0 Å². The Morgan fingerprint density at radius 1 is 1.26 bits per heavy atom.